The minimum atomic E-state index is -0.230. The van der Waals surface area contributed by atoms with E-state index in [1.165, 1.54) is 0 Å². The van der Waals surface area contributed by atoms with Crippen LogP contribution in [0.5, 0.6) is 0 Å². The Kier molecular flexibility index (Phi) is 3.95. The Balaban J connectivity index is 2.51. The molecule has 0 fully saturated rings. The molecule has 0 aliphatic rings. The second kappa shape index (κ2) is 5.31. The lowest BCUT2D eigenvalue weighted by Crippen LogP contribution is -2.03. The molecule has 2 N–H and O–H groups in total. The van der Waals surface area contributed by atoms with Crippen molar-refractivity contribution in [2.45, 2.75) is 0 Å². The highest BCUT2D eigenvalue weighted by molar-refractivity contribution is 9.10. The second-order valence-corrected chi connectivity index (χ2v) is 5.31. The number of benzene rings is 2. The van der Waals surface area contributed by atoms with Crippen molar-refractivity contribution in [2.24, 2.45) is 0 Å². The van der Waals surface area contributed by atoms with Crippen LogP contribution in [0.25, 0.3) is 0 Å². The summed E-state index contributed by atoms with van der Waals surface area (Å²) in [5.74, 6) is -0.230. The predicted molar refractivity (Wildman–Crippen MR) is 78.4 cm³/mol. The van der Waals surface area contributed by atoms with Gasteiger partial charge in [-0.1, -0.05) is 29.3 Å². The molecule has 18 heavy (non-hydrogen) atoms. The number of nitrogens with two attached hydrogens (primary N) is 1. The molecule has 0 atom stereocenters. The Morgan fingerprint density at radius 2 is 1.83 bits per heavy atom. The molecule has 2 aromatic carbocycles. The number of nitrogen functional groups attached to an aromatic ring is 1. The van der Waals surface area contributed by atoms with Gasteiger partial charge in [0.2, 0.25) is 0 Å². The fourth-order valence-electron chi connectivity index (χ4n) is 1.54. The molecule has 0 aromatic heterocycles. The molecule has 2 aromatic rings. The third-order valence-electron chi connectivity index (χ3n) is 2.43. The van der Waals surface area contributed by atoms with Crippen LogP contribution in [-0.2, 0) is 0 Å². The van der Waals surface area contributed by atoms with Crippen LogP contribution in [0.1, 0.15) is 15.9 Å². The summed E-state index contributed by atoms with van der Waals surface area (Å²) in [5, 5.41) is 0.687. The minimum Gasteiger partial charge on any atom is -0.399 e. The summed E-state index contributed by atoms with van der Waals surface area (Å²) in [6.07, 6.45) is 0. The van der Waals surface area contributed by atoms with Crippen molar-refractivity contribution in [3.05, 3.63) is 62.0 Å². The highest BCUT2D eigenvalue weighted by atomic mass is 79.9. The van der Waals surface area contributed by atoms with Gasteiger partial charge in [-0.15, -0.1) is 0 Å². The first-order valence-electron chi connectivity index (χ1n) is 5.04. The number of carbonyl (C=O) groups excluding carboxylic acids is 1. The van der Waals surface area contributed by atoms with Gasteiger partial charge in [-0.25, -0.2) is 0 Å². The number of ketones is 1. The zero-order valence-electron chi connectivity index (χ0n) is 9.08. The van der Waals surface area contributed by atoms with E-state index in [-0.39, 0.29) is 5.78 Å². The molecule has 0 heterocycles. The van der Waals surface area contributed by atoms with Gasteiger partial charge in [-0.05, 0) is 46.3 Å². The summed E-state index contributed by atoms with van der Waals surface area (Å²) in [5.41, 5.74) is 6.88. The van der Waals surface area contributed by atoms with Crippen molar-refractivity contribution in [1.82, 2.24) is 0 Å². The molecule has 2 nitrogen and oxygen atoms in total. The lowest BCUT2D eigenvalue weighted by molar-refractivity contribution is 0.103. The summed E-state index contributed by atoms with van der Waals surface area (Å²) in [4.78, 5) is 12.3. The van der Waals surface area contributed by atoms with Crippen LogP contribution >= 0.6 is 39.1 Å². The zero-order chi connectivity index (χ0) is 13.3. The maximum Gasteiger partial charge on any atom is 0.196 e. The molecule has 5 heteroatoms. The van der Waals surface area contributed by atoms with Crippen molar-refractivity contribution in [3.8, 4) is 0 Å². The topological polar surface area (TPSA) is 43.1 Å². The third-order valence-corrected chi connectivity index (χ3v) is 4.04. The Labute approximate surface area is 123 Å². The van der Waals surface area contributed by atoms with E-state index in [9.17, 15) is 4.79 Å². The second-order valence-electron chi connectivity index (χ2n) is 3.67. The SMILES string of the molecule is Nc1ccc(C(=O)c2cccc(Br)c2Cl)c(Cl)c1. The first-order chi connectivity index (χ1) is 8.50. The van der Waals surface area contributed by atoms with Crippen LogP contribution in [0.3, 0.4) is 0 Å². The number of rotatable bonds is 2. The Morgan fingerprint density at radius 1 is 1.11 bits per heavy atom. The molecule has 92 valence electrons. The number of anilines is 1. The largest absolute Gasteiger partial charge is 0.399 e. The monoisotopic (exact) mass is 343 g/mol. The maximum absolute atomic E-state index is 12.3. The summed E-state index contributed by atoms with van der Waals surface area (Å²) in [7, 11) is 0. The fraction of sp³-hybridized carbons (Fsp3) is 0. The molecule has 2 rings (SSSR count). The summed E-state index contributed by atoms with van der Waals surface area (Å²) < 4.78 is 0.668. The minimum absolute atomic E-state index is 0.230. The molecule has 0 unspecified atom stereocenters. The lowest BCUT2D eigenvalue weighted by Gasteiger charge is -2.07. The molecule has 0 amide bonds. The quantitative estimate of drug-likeness (QED) is 0.640. The Morgan fingerprint density at radius 3 is 2.50 bits per heavy atom. The number of hydrogen-bond acceptors (Lipinski definition) is 2. The standard InChI is InChI=1S/C13H8BrCl2NO/c14-10-3-1-2-9(12(10)16)13(18)8-5-4-7(17)6-11(8)15/h1-6H,17H2. The normalized spacial score (nSPS) is 10.4. The van der Waals surface area contributed by atoms with E-state index in [2.05, 4.69) is 15.9 Å². The fourth-order valence-corrected chi connectivity index (χ4v) is 2.39. The van der Waals surface area contributed by atoms with E-state index in [1.807, 2.05) is 0 Å². The van der Waals surface area contributed by atoms with E-state index >= 15 is 0 Å². The van der Waals surface area contributed by atoms with Gasteiger partial charge in [-0.2, -0.15) is 0 Å². The highest BCUT2D eigenvalue weighted by Gasteiger charge is 2.17. The van der Waals surface area contributed by atoms with Gasteiger partial charge in [0.25, 0.3) is 0 Å². The van der Waals surface area contributed by atoms with Crippen molar-refractivity contribution in [2.75, 3.05) is 5.73 Å². The summed E-state index contributed by atoms with van der Waals surface area (Å²) in [6.45, 7) is 0. The molecule has 0 saturated heterocycles. The zero-order valence-corrected chi connectivity index (χ0v) is 12.2. The van der Waals surface area contributed by atoms with Crippen LogP contribution in [-0.4, -0.2) is 5.78 Å². The van der Waals surface area contributed by atoms with E-state index in [0.717, 1.165) is 0 Å². The maximum atomic E-state index is 12.3. The molecule has 0 aliphatic heterocycles. The van der Waals surface area contributed by atoms with Gasteiger partial charge >= 0.3 is 0 Å². The van der Waals surface area contributed by atoms with Crippen molar-refractivity contribution < 1.29 is 4.79 Å². The smallest absolute Gasteiger partial charge is 0.196 e. The number of halogens is 3. The predicted octanol–water partition coefficient (Wildman–Crippen LogP) is 4.57. The van der Waals surface area contributed by atoms with Gasteiger partial charge in [-0.3, -0.25) is 4.79 Å². The molecular weight excluding hydrogens is 337 g/mol. The van der Waals surface area contributed by atoms with Crippen molar-refractivity contribution in [1.29, 1.82) is 0 Å². The molecule has 0 spiro atoms. The highest BCUT2D eigenvalue weighted by Crippen LogP contribution is 2.30. The number of carbonyl (C=O) groups is 1. The molecule has 0 saturated carbocycles. The lowest BCUT2D eigenvalue weighted by atomic mass is 10.0. The Hall–Kier alpha value is -1.03. The molecule has 0 radical (unpaired) electrons. The van der Waals surface area contributed by atoms with Crippen LogP contribution in [0.2, 0.25) is 10.0 Å². The average Bonchev–Trinajstić information content (AvgIpc) is 2.32. The number of hydrogen-bond donors (Lipinski definition) is 1. The molecule has 0 aliphatic carbocycles. The van der Waals surface area contributed by atoms with Gasteiger partial charge in [0.05, 0.1) is 10.0 Å². The van der Waals surface area contributed by atoms with Crippen LogP contribution in [0.15, 0.2) is 40.9 Å². The summed E-state index contributed by atoms with van der Waals surface area (Å²) in [6, 6.07) is 9.93. The van der Waals surface area contributed by atoms with Crippen LogP contribution in [0.4, 0.5) is 5.69 Å². The summed E-state index contributed by atoms with van der Waals surface area (Å²) >= 11 is 15.4. The Bertz CT molecular complexity index is 628. The third kappa shape index (κ3) is 2.53. The first-order valence-corrected chi connectivity index (χ1v) is 6.59. The van der Waals surface area contributed by atoms with Crippen molar-refractivity contribution in [3.63, 3.8) is 0 Å². The molecule has 0 bridgehead atoms. The molecular formula is C13H8BrCl2NO. The van der Waals surface area contributed by atoms with Crippen molar-refractivity contribution >= 4 is 50.6 Å². The van der Waals surface area contributed by atoms with E-state index in [0.29, 0.717) is 31.3 Å². The van der Waals surface area contributed by atoms with Gasteiger partial charge in [0.15, 0.2) is 5.78 Å². The van der Waals surface area contributed by atoms with Gasteiger partial charge in [0, 0.05) is 21.3 Å². The van der Waals surface area contributed by atoms with Crippen LogP contribution < -0.4 is 5.73 Å². The first kappa shape index (κ1) is 13.4. The van der Waals surface area contributed by atoms with Crippen LogP contribution in [0, 0.1) is 0 Å². The average molecular weight is 345 g/mol. The van der Waals surface area contributed by atoms with E-state index < -0.39 is 0 Å². The van der Waals surface area contributed by atoms with E-state index in [1.54, 1.807) is 36.4 Å². The van der Waals surface area contributed by atoms with Gasteiger partial charge < -0.3 is 5.73 Å². The van der Waals surface area contributed by atoms with Gasteiger partial charge in [0.1, 0.15) is 0 Å². The van der Waals surface area contributed by atoms with E-state index in [4.69, 9.17) is 28.9 Å².